The van der Waals surface area contributed by atoms with Crippen molar-refractivity contribution in [1.82, 2.24) is 10.3 Å². The van der Waals surface area contributed by atoms with Crippen LogP contribution in [0.25, 0.3) is 0 Å². The van der Waals surface area contributed by atoms with Crippen molar-refractivity contribution in [3.63, 3.8) is 0 Å². The smallest absolute Gasteiger partial charge is 0.224 e. The molecule has 1 aliphatic rings. The lowest BCUT2D eigenvalue weighted by atomic mass is 10.0. The molecule has 0 bridgehead atoms. The number of piperidine rings is 1. The van der Waals surface area contributed by atoms with Crippen molar-refractivity contribution in [2.45, 2.75) is 38.6 Å². The van der Waals surface area contributed by atoms with Gasteiger partial charge in [0.25, 0.3) is 0 Å². The number of nitrogens with zero attached hydrogens (tertiary/aromatic N) is 1. The summed E-state index contributed by atoms with van der Waals surface area (Å²) in [5.74, 6) is 5.35. The molecule has 1 fully saturated rings. The highest BCUT2D eigenvalue weighted by Gasteiger charge is 2.22. The summed E-state index contributed by atoms with van der Waals surface area (Å²) in [7, 11) is 0. The number of carbonyl (C=O) groups excluding carboxylic acids is 1. The van der Waals surface area contributed by atoms with Crippen LogP contribution in [0.1, 0.15) is 32.6 Å². The van der Waals surface area contributed by atoms with Crippen molar-refractivity contribution in [2.24, 2.45) is 5.84 Å². The molecule has 76 valence electrons. The summed E-state index contributed by atoms with van der Waals surface area (Å²) in [6, 6.07) is 0.416. The van der Waals surface area contributed by atoms with Gasteiger partial charge in [-0.05, 0) is 26.2 Å². The maximum atomic E-state index is 11.6. The van der Waals surface area contributed by atoms with Gasteiger partial charge in [0.1, 0.15) is 0 Å². The van der Waals surface area contributed by atoms with Gasteiger partial charge in [0.2, 0.25) is 5.91 Å². The highest BCUT2D eigenvalue weighted by atomic mass is 16.2. The summed E-state index contributed by atoms with van der Waals surface area (Å²) in [4.78, 5) is 13.6. The van der Waals surface area contributed by atoms with E-state index in [1.165, 1.54) is 6.42 Å². The maximum absolute atomic E-state index is 11.6. The molecule has 0 spiro atoms. The summed E-state index contributed by atoms with van der Waals surface area (Å²) in [6.45, 7) is 3.61. The molecule has 1 rings (SSSR count). The first kappa shape index (κ1) is 10.5. The molecule has 1 unspecified atom stereocenters. The molecule has 3 N–H and O–H groups in total. The van der Waals surface area contributed by atoms with E-state index in [2.05, 4.69) is 12.3 Å². The van der Waals surface area contributed by atoms with E-state index in [9.17, 15) is 4.79 Å². The molecular formula is C9H19N3O. The summed E-state index contributed by atoms with van der Waals surface area (Å²) in [5.41, 5.74) is 2.51. The van der Waals surface area contributed by atoms with Crippen LogP contribution in [0.2, 0.25) is 0 Å². The van der Waals surface area contributed by atoms with Crippen LogP contribution in [0.4, 0.5) is 0 Å². The van der Waals surface area contributed by atoms with E-state index >= 15 is 0 Å². The first-order valence-corrected chi connectivity index (χ1v) is 4.98. The summed E-state index contributed by atoms with van der Waals surface area (Å²) >= 11 is 0. The molecule has 13 heavy (non-hydrogen) atoms. The Morgan fingerprint density at radius 3 is 3.00 bits per heavy atom. The molecule has 0 aliphatic carbocycles. The van der Waals surface area contributed by atoms with Crippen LogP contribution in [0.5, 0.6) is 0 Å². The second kappa shape index (κ2) is 5.19. The number of nitrogens with two attached hydrogens (primary N) is 1. The number of carbonyl (C=O) groups is 1. The van der Waals surface area contributed by atoms with E-state index in [0.717, 1.165) is 19.4 Å². The standard InChI is InChI=1S/C9H19N3O/c1-8-4-2-3-7-12(8)9(13)5-6-11-10/h8,11H,2-7,10H2,1H3. The van der Waals surface area contributed by atoms with Crippen molar-refractivity contribution in [1.29, 1.82) is 0 Å². The van der Waals surface area contributed by atoms with Crippen LogP contribution in [-0.2, 0) is 4.79 Å². The van der Waals surface area contributed by atoms with Crippen LogP contribution >= 0.6 is 0 Å². The van der Waals surface area contributed by atoms with Crippen molar-refractivity contribution in [2.75, 3.05) is 13.1 Å². The number of nitrogens with one attached hydrogen (secondary N) is 1. The minimum atomic E-state index is 0.227. The lowest BCUT2D eigenvalue weighted by Crippen LogP contribution is -2.43. The summed E-state index contributed by atoms with van der Waals surface area (Å²) in [6.07, 6.45) is 4.05. The predicted octanol–water partition coefficient (Wildman–Crippen LogP) is 0.241. The third-order valence-corrected chi connectivity index (χ3v) is 2.61. The van der Waals surface area contributed by atoms with Crippen molar-refractivity contribution in [3.05, 3.63) is 0 Å². The zero-order valence-corrected chi connectivity index (χ0v) is 8.25. The first-order valence-electron chi connectivity index (χ1n) is 4.98. The number of hydrogen-bond acceptors (Lipinski definition) is 3. The monoisotopic (exact) mass is 185 g/mol. The SMILES string of the molecule is CC1CCCCN1C(=O)CCNN. The van der Waals surface area contributed by atoms with Crippen molar-refractivity contribution < 1.29 is 4.79 Å². The Balaban J connectivity index is 2.35. The molecule has 4 heteroatoms. The van der Waals surface area contributed by atoms with E-state index in [1.807, 2.05) is 4.90 Å². The Morgan fingerprint density at radius 2 is 2.38 bits per heavy atom. The van der Waals surface area contributed by atoms with Gasteiger partial charge >= 0.3 is 0 Å². The molecule has 1 aliphatic heterocycles. The fourth-order valence-electron chi connectivity index (χ4n) is 1.79. The fraction of sp³-hybridized carbons (Fsp3) is 0.889. The Bertz CT molecular complexity index is 172. The lowest BCUT2D eigenvalue weighted by Gasteiger charge is -2.33. The van der Waals surface area contributed by atoms with Gasteiger partial charge in [-0.15, -0.1) is 0 Å². The molecule has 0 aromatic carbocycles. The van der Waals surface area contributed by atoms with Crippen LogP contribution < -0.4 is 11.3 Å². The van der Waals surface area contributed by atoms with Gasteiger partial charge in [0.15, 0.2) is 0 Å². The maximum Gasteiger partial charge on any atom is 0.224 e. The largest absolute Gasteiger partial charge is 0.340 e. The van der Waals surface area contributed by atoms with E-state index < -0.39 is 0 Å². The molecule has 0 aromatic rings. The van der Waals surface area contributed by atoms with Gasteiger partial charge in [-0.2, -0.15) is 0 Å². The number of hydrazine groups is 1. The van der Waals surface area contributed by atoms with Crippen LogP contribution in [0.3, 0.4) is 0 Å². The zero-order valence-electron chi connectivity index (χ0n) is 8.25. The van der Waals surface area contributed by atoms with Crippen molar-refractivity contribution >= 4 is 5.91 Å². The second-order valence-electron chi connectivity index (χ2n) is 3.64. The predicted molar refractivity (Wildman–Crippen MR) is 51.8 cm³/mol. The van der Waals surface area contributed by atoms with Gasteiger partial charge in [-0.1, -0.05) is 0 Å². The third-order valence-electron chi connectivity index (χ3n) is 2.61. The Morgan fingerprint density at radius 1 is 1.62 bits per heavy atom. The van der Waals surface area contributed by atoms with Crippen LogP contribution in [-0.4, -0.2) is 29.9 Å². The van der Waals surface area contributed by atoms with Gasteiger partial charge in [-0.25, -0.2) is 0 Å². The molecule has 1 amide bonds. The zero-order chi connectivity index (χ0) is 9.68. The molecule has 1 heterocycles. The van der Waals surface area contributed by atoms with E-state index in [1.54, 1.807) is 0 Å². The Kier molecular flexibility index (Phi) is 4.18. The summed E-state index contributed by atoms with van der Waals surface area (Å²) < 4.78 is 0. The molecule has 4 nitrogen and oxygen atoms in total. The topological polar surface area (TPSA) is 58.4 Å². The average Bonchev–Trinajstić information content (AvgIpc) is 2.15. The van der Waals surface area contributed by atoms with E-state index in [4.69, 9.17) is 5.84 Å². The third kappa shape index (κ3) is 2.97. The van der Waals surface area contributed by atoms with Crippen LogP contribution in [0, 0.1) is 0 Å². The highest BCUT2D eigenvalue weighted by Crippen LogP contribution is 2.16. The number of amides is 1. The molecule has 1 saturated heterocycles. The van der Waals surface area contributed by atoms with Crippen LogP contribution in [0.15, 0.2) is 0 Å². The van der Waals surface area contributed by atoms with Gasteiger partial charge in [-0.3, -0.25) is 16.1 Å². The first-order chi connectivity index (χ1) is 6.25. The van der Waals surface area contributed by atoms with E-state index in [-0.39, 0.29) is 5.91 Å². The van der Waals surface area contributed by atoms with Crippen molar-refractivity contribution in [3.8, 4) is 0 Å². The Labute approximate surface area is 79.4 Å². The van der Waals surface area contributed by atoms with E-state index in [0.29, 0.717) is 19.0 Å². The number of likely N-dealkylation sites (tertiary alicyclic amines) is 1. The molecule has 1 atom stereocenters. The summed E-state index contributed by atoms with van der Waals surface area (Å²) in [5, 5.41) is 0. The minimum absolute atomic E-state index is 0.227. The van der Waals surface area contributed by atoms with Gasteiger partial charge < -0.3 is 4.90 Å². The minimum Gasteiger partial charge on any atom is -0.340 e. The number of rotatable bonds is 3. The molecule has 0 aromatic heterocycles. The molecule has 0 radical (unpaired) electrons. The van der Waals surface area contributed by atoms with Gasteiger partial charge in [0.05, 0.1) is 0 Å². The average molecular weight is 185 g/mol. The second-order valence-corrected chi connectivity index (χ2v) is 3.64. The quantitative estimate of drug-likeness (QED) is 0.489. The lowest BCUT2D eigenvalue weighted by molar-refractivity contribution is -0.134. The number of hydrogen-bond donors (Lipinski definition) is 2. The molecular weight excluding hydrogens is 166 g/mol. The Hall–Kier alpha value is -0.610. The fourth-order valence-corrected chi connectivity index (χ4v) is 1.79. The van der Waals surface area contributed by atoms with Gasteiger partial charge in [0, 0.05) is 25.6 Å². The molecule has 0 saturated carbocycles. The highest BCUT2D eigenvalue weighted by molar-refractivity contribution is 5.76. The normalized spacial score (nSPS) is 23.2.